The van der Waals surface area contributed by atoms with Gasteiger partial charge in [-0.05, 0) is 47.1 Å². The lowest BCUT2D eigenvalue weighted by atomic mass is 9.76. The number of rotatable bonds is 3. The van der Waals surface area contributed by atoms with Crippen LogP contribution in [0.5, 0.6) is 5.75 Å². The van der Waals surface area contributed by atoms with Gasteiger partial charge in [0.2, 0.25) is 0 Å². The molecule has 120 valence electrons. The zero-order valence-corrected chi connectivity index (χ0v) is 13.5. The van der Waals surface area contributed by atoms with Crippen molar-refractivity contribution in [1.82, 2.24) is 0 Å². The van der Waals surface area contributed by atoms with Crippen LogP contribution in [0.1, 0.15) is 39.4 Å². The standard InChI is InChI=1S/C21H18O3/c1-24-19-12-10-13-9-11-15(16-7-4-8-18(19)20(13)16)14-5-2-3-6-17(14)21(22)23/h2-8,10,12,15H,9,11H2,1H3,(H,22,23)/t15-/m1/s1. The third-order valence-electron chi connectivity index (χ3n) is 4.98. The van der Waals surface area contributed by atoms with Crippen molar-refractivity contribution in [2.75, 3.05) is 7.11 Å². The molecule has 0 unspecified atom stereocenters. The molecule has 3 aromatic carbocycles. The fourth-order valence-electron chi connectivity index (χ4n) is 3.93. The number of carbonyl (C=O) groups is 1. The van der Waals surface area contributed by atoms with E-state index < -0.39 is 5.97 Å². The van der Waals surface area contributed by atoms with E-state index in [4.69, 9.17) is 4.74 Å². The van der Waals surface area contributed by atoms with Gasteiger partial charge in [-0.3, -0.25) is 0 Å². The highest BCUT2D eigenvalue weighted by molar-refractivity contribution is 5.96. The van der Waals surface area contributed by atoms with Crippen molar-refractivity contribution in [2.45, 2.75) is 18.8 Å². The van der Waals surface area contributed by atoms with Gasteiger partial charge in [0.05, 0.1) is 12.7 Å². The maximum Gasteiger partial charge on any atom is 0.335 e. The Morgan fingerprint density at radius 2 is 1.83 bits per heavy atom. The molecule has 3 aromatic rings. The second-order valence-corrected chi connectivity index (χ2v) is 6.18. The highest BCUT2D eigenvalue weighted by Crippen LogP contribution is 2.43. The molecule has 3 nitrogen and oxygen atoms in total. The first kappa shape index (κ1) is 14.8. The van der Waals surface area contributed by atoms with Crippen LogP contribution in [-0.2, 0) is 6.42 Å². The quantitative estimate of drug-likeness (QED) is 0.766. The van der Waals surface area contributed by atoms with Crippen LogP contribution in [-0.4, -0.2) is 18.2 Å². The summed E-state index contributed by atoms with van der Waals surface area (Å²) in [6.45, 7) is 0. The second kappa shape index (κ2) is 5.68. The van der Waals surface area contributed by atoms with Crippen LogP contribution >= 0.6 is 0 Å². The highest BCUT2D eigenvalue weighted by atomic mass is 16.5. The van der Waals surface area contributed by atoms with E-state index >= 15 is 0 Å². The van der Waals surface area contributed by atoms with E-state index in [-0.39, 0.29) is 5.92 Å². The summed E-state index contributed by atoms with van der Waals surface area (Å²) in [5.41, 5.74) is 3.80. The van der Waals surface area contributed by atoms with Crippen LogP contribution in [0.3, 0.4) is 0 Å². The first-order valence-electron chi connectivity index (χ1n) is 8.11. The molecule has 24 heavy (non-hydrogen) atoms. The van der Waals surface area contributed by atoms with Crippen LogP contribution in [0.4, 0.5) is 0 Å². The molecule has 0 radical (unpaired) electrons. The van der Waals surface area contributed by atoms with Crippen LogP contribution in [0.25, 0.3) is 10.8 Å². The smallest absolute Gasteiger partial charge is 0.335 e. The van der Waals surface area contributed by atoms with E-state index in [9.17, 15) is 9.90 Å². The van der Waals surface area contributed by atoms with Crippen molar-refractivity contribution >= 4 is 16.7 Å². The highest BCUT2D eigenvalue weighted by Gasteiger charge is 2.27. The molecule has 0 aliphatic heterocycles. The fraction of sp³-hybridized carbons (Fsp3) is 0.190. The molecule has 3 heteroatoms. The number of carboxylic acid groups (broad SMARTS) is 1. The Kier molecular flexibility index (Phi) is 3.49. The number of hydrogen-bond donors (Lipinski definition) is 1. The number of aromatic carboxylic acids is 1. The van der Waals surface area contributed by atoms with Crippen molar-refractivity contribution in [3.63, 3.8) is 0 Å². The second-order valence-electron chi connectivity index (χ2n) is 6.18. The topological polar surface area (TPSA) is 46.5 Å². The first-order valence-corrected chi connectivity index (χ1v) is 8.11. The molecule has 0 amide bonds. The minimum absolute atomic E-state index is 0.0978. The summed E-state index contributed by atoms with van der Waals surface area (Å²) < 4.78 is 5.51. The normalized spacial score (nSPS) is 16.1. The van der Waals surface area contributed by atoms with Gasteiger partial charge in [0, 0.05) is 11.3 Å². The lowest BCUT2D eigenvalue weighted by molar-refractivity contribution is 0.0695. The first-order chi connectivity index (χ1) is 11.7. The summed E-state index contributed by atoms with van der Waals surface area (Å²) in [5, 5.41) is 11.9. The molecule has 1 aliphatic carbocycles. The molecule has 0 aromatic heterocycles. The maximum atomic E-state index is 11.6. The molecule has 0 spiro atoms. The lowest BCUT2D eigenvalue weighted by Gasteiger charge is -2.27. The van der Waals surface area contributed by atoms with Crippen LogP contribution in [0.2, 0.25) is 0 Å². The Morgan fingerprint density at radius 1 is 1.04 bits per heavy atom. The van der Waals surface area contributed by atoms with Gasteiger partial charge in [0.25, 0.3) is 0 Å². The van der Waals surface area contributed by atoms with Gasteiger partial charge < -0.3 is 9.84 Å². The molecule has 0 heterocycles. The predicted octanol–water partition coefficient (Wildman–Crippen LogP) is 4.62. The molecule has 1 aliphatic rings. The van der Waals surface area contributed by atoms with E-state index in [2.05, 4.69) is 18.2 Å². The molecule has 0 fully saturated rings. The molecule has 0 saturated carbocycles. The number of carboxylic acids is 1. The molecule has 1 N–H and O–H groups in total. The summed E-state index contributed by atoms with van der Waals surface area (Å²) in [6.07, 6.45) is 1.86. The lowest BCUT2D eigenvalue weighted by Crippen LogP contribution is -2.14. The average Bonchev–Trinajstić information content (AvgIpc) is 2.62. The van der Waals surface area contributed by atoms with E-state index in [1.807, 2.05) is 24.3 Å². The van der Waals surface area contributed by atoms with Crippen molar-refractivity contribution in [3.8, 4) is 5.75 Å². The van der Waals surface area contributed by atoms with E-state index in [0.717, 1.165) is 29.5 Å². The number of ether oxygens (including phenoxy) is 1. The van der Waals surface area contributed by atoms with Gasteiger partial charge >= 0.3 is 5.97 Å². The Bertz CT molecular complexity index is 943. The zero-order chi connectivity index (χ0) is 16.7. The Labute approximate surface area is 140 Å². The van der Waals surface area contributed by atoms with Crippen LogP contribution in [0.15, 0.2) is 54.6 Å². The molecular weight excluding hydrogens is 300 g/mol. The zero-order valence-electron chi connectivity index (χ0n) is 13.5. The van der Waals surface area contributed by atoms with Gasteiger partial charge in [0.1, 0.15) is 5.75 Å². The minimum atomic E-state index is -0.866. The third kappa shape index (κ3) is 2.16. The summed E-state index contributed by atoms with van der Waals surface area (Å²) in [6, 6.07) is 17.7. The fourth-order valence-corrected chi connectivity index (χ4v) is 3.93. The van der Waals surface area contributed by atoms with Gasteiger partial charge in [-0.25, -0.2) is 4.79 Å². The Hall–Kier alpha value is -2.81. The Balaban J connectivity index is 1.98. The minimum Gasteiger partial charge on any atom is -0.496 e. The van der Waals surface area contributed by atoms with Gasteiger partial charge in [-0.1, -0.05) is 42.5 Å². The average molecular weight is 318 g/mol. The van der Waals surface area contributed by atoms with E-state index in [1.165, 1.54) is 16.5 Å². The number of hydrogen-bond acceptors (Lipinski definition) is 2. The van der Waals surface area contributed by atoms with Gasteiger partial charge in [0.15, 0.2) is 0 Å². The predicted molar refractivity (Wildman–Crippen MR) is 94.1 cm³/mol. The third-order valence-corrected chi connectivity index (χ3v) is 4.98. The SMILES string of the molecule is COc1ccc2c3c(cccc13)[C@@H](c1ccccc1C(=O)O)CC2. The molecule has 4 rings (SSSR count). The van der Waals surface area contributed by atoms with Crippen molar-refractivity contribution in [1.29, 1.82) is 0 Å². The van der Waals surface area contributed by atoms with E-state index in [1.54, 1.807) is 19.2 Å². The summed E-state index contributed by atoms with van der Waals surface area (Å²) in [4.78, 5) is 11.6. The summed E-state index contributed by atoms with van der Waals surface area (Å²) in [7, 11) is 1.68. The maximum absolute atomic E-state index is 11.6. The van der Waals surface area contributed by atoms with Crippen molar-refractivity contribution in [3.05, 3.63) is 76.9 Å². The summed E-state index contributed by atoms with van der Waals surface area (Å²) >= 11 is 0. The van der Waals surface area contributed by atoms with Gasteiger partial charge in [-0.15, -0.1) is 0 Å². The summed E-state index contributed by atoms with van der Waals surface area (Å²) in [5.74, 6) is 0.0950. The Morgan fingerprint density at radius 3 is 2.62 bits per heavy atom. The van der Waals surface area contributed by atoms with Crippen molar-refractivity contribution < 1.29 is 14.6 Å². The van der Waals surface area contributed by atoms with Gasteiger partial charge in [-0.2, -0.15) is 0 Å². The molecular formula is C21H18O3. The van der Waals surface area contributed by atoms with Crippen molar-refractivity contribution in [2.24, 2.45) is 0 Å². The number of benzene rings is 3. The van der Waals surface area contributed by atoms with E-state index in [0.29, 0.717) is 5.56 Å². The number of methoxy groups -OCH3 is 1. The molecule has 0 saturated heterocycles. The monoisotopic (exact) mass is 318 g/mol. The molecule has 1 atom stereocenters. The number of aryl methyl sites for hydroxylation is 1. The van der Waals surface area contributed by atoms with Crippen LogP contribution in [0, 0.1) is 0 Å². The largest absolute Gasteiger partial charge is 0.496 e. The van der Waals surface area contributed by atoms with Crippen LogP contribution < -0.4 is 4.74 Å². The molecule has 0 bridgehead atoms.